The van der Waals surface area contributed by atoms with Crippen LogP contribution in [0.25, 0.3) is 5.57 Å². The van der Waals surface area contributed by atoms with E-state index in [2.05, 4.69) is 49.2 Å². The fraction of sp³-hybridized carbons (Fsp3) is 0.467. The number of likely N-dealkylation sites (N-methyl/N-ethyl adjacent to an activating group) is 1. The van der Waals surface area contributed by atoms with E-state index in [1.807, 2.05) is 0 Å². The van der Waals surface area contributed by atoms with Crippen molar-refractivity contribution < 1.29 is 0 Å². The van der Waals surface area contributed by atoms with Crippen LogP contribution in [0, 0.1) is 6.92 Å². The molecule has 1 aromatic rings. The van der Waals surface area contributed by atoms with Crippen LogP contribution >= 0.6 is 0 Å². The zero-order valence-electron chi connectivity index (χ0n) is 10.1. The number of aryl methyl sites for hydroxylation is 1. The van der Waals surface area contributed by atoms with E-state index in [0.717, 1.165) is 6.04 Å². The molecule has 0 aromatic heterocycles. The molecule has 2 aliphatic rings. The molecule has 0 saturated carbocycles. The molecule has 2 atom stereocenters. The first kappa shape index (κ1) is 10.1. The first-order valence-electron chi connectivity index (χ1n) is 6.24. The summed E-state index contributed by atoms with van der Waals surface area (Å²) in [6, 6.07) is 10.5. The van der Waals surface area contributed by atoms with Gasteiger partial charge in [-0.3, -0.25) is 4.90 Å². The van der Waals surface area contributed by atoms with Crippen molar-refractivity contribution in [1.29, 1.82) is 0 Å². The summed E-state index contributed by atoms with van der Waals surface area (Å²) in [7, 11) is 2.27. The Hall–Kier alpha value is -1.08. The van der Waals surface area contributed by atoms with Gasteiger partial charge < -0.3 is 0 Å². The van der Waals surface area contributed by atoms with E-state index in [0.29, 0.717) is 6.04 Å². The largest absolute Gasteiger partial charge is 0.297 e. The van der Waals surface area contributed by atoms with Crippen LogP contribution in [0.4, 0.5) is 0 Å². The van der Waals surface area contributed by atoms with Gasteiger partial charge in [-0.05, 0) is 44.4 Å². The Labute approximate surface area is 97.8 Å². The molecule has 3 rings (SSSR count). The number of fused-ring (bicyclic) bond motifs is 2. The zero-order valence-corrected chi connectivity index (χ0v) is 10.1. The van der Waals surface area contributed by atoms with Crippen LogP contribution in [0.3, 0.4) is 0 Å². The molecular weight excluding hydrogens is 194 g/mol. The molecule has 2 aliphatic heterocycles. The second-order valence-electron chi connectivity index (χ2n) is 5.23. The van der Waals surface area contributed by atoms with E-state index in [-0.39, 0.29) is 0 Å². The summed E-state index contributed by atoms with van der Waals surface area (Å²) in [6.07, 6.45) is 6.42. The molecule has 1 aromatic carbocycles. The average molecular weight is 213 g/mol. The maximum Gasteiger partial charge on any atom is 0.0284 e. The third-order valence-electron chi connectivity index (χ3n) is 4.17. The standard InChI is InChI=1S/C15H19N/c1-11-3-5-12(6-4-11)13-9-14-7-8-15(10-13)16(14)2/h3-6,9,14-15H,7-8,10H2,1-2H3/t14-,15-/m0/s1. The molecule has 1 saturated heterocycles. The maximum atomic E-state index is 2.54. The number of rotatable bonds is 1. The smallest absolute Gasteiger partial charge is 0.0284 e. The first-order chi connectivity index (χ1) is 7.74. The van der Waals surface area contributed by atoms with Crippen molar-refractivity contribution in [2.45, 2.75) is 38.3 Å². The van der Waals surface area contributed by atoms with Crippen molar-refractivity contribution in [3.05, 3.63) is 41.5 Å². The third kappa shape index (κ3) is 1.60. The highest BCUT2D eigenvalue weighted by Crippen LogP contribution is 2.37. The third-order valence-corrected chi connectivity index (χ3v) is 4.17. The van der Waals surface area contributed by atoms with Crippen molar-refractivity contribution in [2.75, 3.05) is 7.05 Å². The predicted molar refractivity (Wildman–Crippen MR) is 68.3 cm³/mol. The lowest BCUT2D eigenvalue weighted by molar-refractivity contribution is 0.264. The summed E-state index contributed by atoms with van der Waals surface area (Å²) >= 11 is 0. The van der Waals surface area contributed by atoms with Gasteiger partial charge in [-0.25, -0.2) is 0 Å². The topological polar surface area (TPSA) is 3.24 Å². The lowest BCUT2D eigenvalue weighted by Gasteiger charge is -2.30. The second kappa shape index (κ2) is 3.74. The molecule has 0 radical (unpaired) electrons. The summed E-state index contributed by atoms with van der Waals surface area (Å²) in [6.45, 7) is 2.15. The van der Waals surface area contributed by atoms with E-state index in [1.54, 1.807) is 5.57 Å². The van der Waals surface area contributed by atoms with E-state index in [4.69, 9.17) is 0 Å². The highest BCUT2D eigenvalue weighted by atomic mass is 15.2. The molecule has 0 N–H and O–H groups in total. The van der Waals surface area contributed by atoms with Crippen LogP contribution < -0.4 is 0 Å². The van der Waals surface area contributed by atoms with Crippen LogP contribution in [0.1, 0.15) is 30.4 Å². The molecule has 2 bridgehead atoms. The Balaban J connectivity index is 1.92. The molecule has 0 spiro atoms. The quantitative estimate of drug-likeness (QED) is 0.692. The SMILES string of the molecule is Cc1ccc(C2=C[C@@H]3CC[C@@H](C2)N3C)cc1. The molecule has 84 valence electrons. The highest BCUT2D eigenvalue weighted by Gasteiger charge is 2.33. The van der Waals surface area contributed by atoms with Gasteiger partial charge in [0, 0.05) is 12.1 Å². The lowest BCUT2D eigenvalue weighted by atomic mass is 9.94. The molecule has 0 aliphatic carbocycles. The Bertz CT molecular complexity index is 416. The summed E-state index contributed by atoms with van der Waals surface area (Å²) in [5, 5.41) is 0. The summed E-state index contributed by atoms with van der Waals surface area (Å²) in [5.74, 6) is 0. The molecule has 1 heteroatoms. The minimum atomic E-state index is 0.690. The lowest BCUT2D eigenvalue weighted by Crippen LogP contribution is -2.34. The number of hydrogen-bond acceptors (Lipinski definition) is 1. The van der Waals surface area contributed by atoms with E-state index in [9.17, 15) is 0 Å². The number of hydrogen-bond donors (Lipinski definition) is 0. The van der Waals surface area contributed by atoms with Crippen molar-refractivity contribution in [3.8, 4) is 0 Å². The van der Waals surface area contributed by atoms with Crippen LogP contribution in [0.2, 0.25) is 0 Å². The van der Waals surface area contributed by atoms with E-state index >= 15 is 0 Å². The van der Waals surface area contributed by atoms with Gasteiger partial charge in [0.1, 0.15) is 0 Å². The fourth-order valence-electron chi connectivity index (χ4n) is 3.02. The zero-order chi connectivity index (χ0) is 11.1. The second-order valence-corrected chi connectivity index (χ2v) is 5.23. The Morgan fingerprint density at radius 2 is 1.88 bits per heavy atom. The molecule has 0 amide bonds. The van der Waals surface area contributed by atoms with Gasteiger partial charge in [-0.15, -0.1) is 0 Å². The Morgan fingerprint density at radius 1 is 1.12 bits per heavy atom. The Kier molecular flexibility index (Phi) is 2.36. The minimum Gasteiger partial charge on any atom is -0.297 e. The van der Waals surface area contributed by atoms with Crippen LogP contribution in [0.15, 0.2) is 30.3 Å². The highest BCUT2D eigenvalue weighted by molar-refractivity contribution is 5.68. The predicted octanol–water partition coefficient (Wildman–Crippen LogP) is 3.24. The summed E-state index contributed by atoms with van der Waals surface area (Å²) in [4.78, 5) is 2.54. The Morgan fingerprint density at radius 3 is 2.56 bits per heavy atom. The van der Waals surface area contributed by atoms with E-state index in [1.165, 1.54) is 30.4 Å². The molecule has 16 heavy (non-hydrogen) atoms. The summed E-state index contributed by atoms with van der Waals surface area (Å²) < 4.78 is 0. The van der Waals surface area contributed by atoms with Gasteiger partial charge in [-0.1, -0.05) is 35.9 Å². The summed E-state index contributed by atoms with van der Waals surface area (Å²) in [5.41, 5.74) is 4.33. The van der Waals surface area contributed by atoms with Gasteiger partial charge in [0.25, 0.3) is 0 Å². The number of benzene rings is 1. The number of nitrogens with zero attached hydrogens (tertiary/aromatic N) is 1. The fourth-order valence-corrected chi connectivity index (χ4v) is 3.02. The van der Waals surface area contributed by atoms with Gasteiger partial charge in [0.15, 0.2) is 0 Å². The van der Waals surface area contributed by atoms with Crippen molar-refractivity contribution in [1.82, 2.24) is 4.90 Å². The molecule has 0 unspecified atom stereocenters. The van der Waals surface area contributed by atoms with Crippen LogP contribution in [0.5, 0.6) is 0 Å². The first-order valence-corrected chi connectivity index (χ1v) is 6.24. The molecular formula is C15H19N. The monoisotopic (exact) mass is 213 g/mol. The van der Waals surface area contributed by atoms with Crippen LogP contribution in [-0.4, -0.2) is 24.0 Å². The van der Waals surface area contributed by atoms with Crippen LogP contribution in [-0.2, 0) is 0 Å². The molecule has 1 fully saturated rings. The van der Waals surface area contributed by atoms with Gasteiger partial charge in [0.2, 0.25) is 0 Å². The van der Waals surface area contributed by atoms with Gasteiger partial charge in [0.05, 0.1) is 0 Å². The van der Waals surface area contributed by atoms with Crippen molar-refractivity contribution in [3.63, 3.8) is 0 Å². The molecule has 1 nitrogen and oxygen atoms in total. The average Bonchev–Trinajstić information content (AvgIpc) is 2.54. The maximum absolute atomic E-state index is 2.54. The van der Waals surface area contributed by atoms with Crippen molar-refractivity contribution in [2.24, 2.45) is 0 Å². The van der Waals surface area contributed by atoms with Gasteiger partial charge >= 0.3 is 0 Å². The van der Waals surface area contributed by atoms with Gasteiger partial charge in [-0.2, -0.15) is 0 Å². The van der Waals surface area contributed by atoms with Crippen molar-refractivity contribution >= 4 is 5.57 Å². The normalized spacial score (nSPS) is 29.2. The molecule has 2 heterocycles. The minimum absolute atomic E-state index is 0.690. The van der Waals surface area contributed by atoms with E-state index < -0.39 is 0 Å².